The zero-order chi connectivity index (χ0) is 30.9. The summed E-state index contributed by atoms with van der Waals surface area (Å²) >= 11 is 7.73. The molecule has 2 atom stereocenters. The van der Waals surface area contributed by atoms with E-state index in [2.05, 4.69) is 15.3 Å². The molecule has 5 rings (SSSR count). The highest BCUT2D eigenvalue weighted by Gasteiger charge is 2.49. The van der Waals surface area contributed by atoms with Crippen LogP contribution in [0.4, 0.5) is 24.8 Å². The van der Waals surface area contributed by atoms with Gasteiger partial charge in [-0.3, -0.25) is 24.2 Å². The monoisotopic (exact) mass is 628 g/mol. The second-order valence-corrected chi connectivity index (χ2v) is 11.4. The summed E-state index contributed by atoms with van der Waals surface area (Å²) in [5.74, 6) is -5.89. The summed E-state index contributed by atoms with van der Waals surface area (Å²) in [6.07, 6.45) is 1.77. The molecule has 43 heavy (non-hydrogen) atoms. The van der Waals surface area contributed by atoms with Crippen LogP contribution in [0.5, 0.6) is 0 Å². The smallest absolute Gasteiger partial charge is 0.252 e. The average Bonchev–Trinajstić information content (AvgIpc) is 3.35. The Morgan fingerprint density at radius 3 is 2.65 bits per heavy atom. The summed E-state index contributed by atoms with van der Waals surface area (Å²) in [7, 11) is 0. The number of nitrogens with one attached hydrogen (secondary N) is 1. The van der Waals surface area contributed by atoms with Crippen LogP contribution in [0.2, 0.25) is 5.02 Å². The van der Waals surface area contributed by atoms with Gasteiger partial charge in [0.05, 0.1) is 0 Å². The number of carbonyl (C=O) groups excluding carboxylic acids is 3. The highest BCUT2D eigenvalue weighted by atomic mass is 35.5. The van der Waals surface area contributed by atoms with E-state index in [1.807, 2.05) is 6.07 Å². The lowest BCUT2D eigenvalue weighted by atomic mass is 9.87. The number of thioether (sulfide) groups is 1. The third-order valence-corrected chi connectivity index (χ3v) is 8.27. The Bertz CT molecular complexity index is 1630. The Labute approximate surface area is 254 Å². The predicted octanol–water partition coefficient (Wildman–Crippen LogP) is 5.05. The maximum Gasteiger partial charge on any atom is 0.252 e. The number of nitrogens with zero attached hydrogens (tertiary/aromatic N) is 5. The van der Waals surface area contributed by atoms with E-state index in [0.717, 1.165) is 15.9 Å². The molecule has 1 unspecified atom stereocenters. The van der Waals surface area contributed by atoms with Gasteiger partial charge in [-0.05, 0) is 43.0 Å². The van der Waals surface area contributed by atoms with Crippen LogP contribution >= 0.6 is 23.4 Å². The van der Waals surface area contributed by atoms with Crippen LogP contribution < -0.4 is 15.1 Å². The minimum atomic E-state index is -2.92. The topological polar surface area (TPSA) is 119 Å². The van der Waals surface area contributed by atoms with Crippen molar-refractivity contribution in [3.05, 3.63) is 76.8 Å². The largest absolute Gasteiger partial charge is 0.351 e. The van der Waals surface area contributed by atoms with Gasteiger partial charge in [0.2, 0.25) is 17.8 Å². The molecule has 1 saturated carbocycles. The quantitative estimate of drug-likeness (QED) is 0.347. The maximum atomic E-state index is 14.9. The van der Waals surface area contributed by atoms with E-state index in [-0.39, 0.29) is 40.8 Å². The fraction of sp³-hybridized carbons (Fsp3) is 0.310. The first kappa shape index (κ1) is 30.3. The number of rotatable bonds is 8. The molecule has 9 nitrogen and oxygen atoms in total. The molecule has 2 fully saturated rings. The van der Waals surface area contributed by atoms with Gasteiger partial charge in [0.1, 0.15) is 29.7 Å². The van der Waals surface area contributed by atoms with Gasteiger partial charge in [-0.25, -0.2) is 23.1 Å². The molecule has 2 aliphatic rings. The van der Waals surface area contributed by atoms with Gasteiger partial charge in [0, 0.05) is 52.7 Å². The summed E-state index contributed by atoms with van der Waals surface area (Å²) in [5, 5.41) is 12.0. The lowest BCUT2D eigenvalue weighted by Crippen LogP contribution is -2.56. The molecule has 2 aromatic carbocycles. The minimum absolute atomic E-state index is 0.00468. The molecule has 0 spiro atoms. The van der Waals surface area contributed by atoms with Crippen molar-refractivity contribution in [2.45, 2.75) is 54.6 Å². The van der Waals surface area contributed by atoms with Crippen LogP contribution in [0, 0.1) is 17.1 Å². The molecule has 14 heteroatoms. The molecule has 0 bridgehead atoms. The van der Waals surface area contributed by atoms with Crippen molar-refractivity contribution in [3.63, 3.8) is 0 Å². The standard InChI is InChI=1S/C29H24ClF3N6O3S/c1-43-20-11-16(31)10-19(12-20)38(27(42)23-6-7-24(40)39(23)28-35-9-8-17(15-34)37-28)25(21-4-2-3-5-22(21)30)26(41)36-18-13-29(32,33)14-18/h2-5,8-12,18,23,25H,6-7,13-14H2,1H3,(H,36,41)/t23-,25?/m0/s1. The Morgan fingerprint density at radius 1 is 1.23 bits per heavy atom. The number of hydrogen-bond donors (Lipinski definition) is 1. The van der Waals surface area contributed by atoms with Crippen molar-refractivity contribution < 1.29 is 27.6 Å². The molecule has 0 radical (unpaired) electrons. The van der Waals surface area contributed by atoms with Gasteiger partial charge in [-0.1, -0.05) is 29.8 Å². The van der Waals surface area contributed by atoms with Gasteiger partial charge in [-0.2, -0.15) is 5.26 Å². The van der Waals surface area contributed by atoms with Crippen LogP contribution in [-0.2, 0) is 14.4 Å². The molecule has 3 aromatic rings. The van der Waals surface area contributed by atoms with Crippen LogP contribution in [0.15, 0.2) is 59.6 Å². The van der Waals surface area contributed by atoms with Crippen LogP contribution in [0.25, 0.3) is 0 Å². The summed E-state index contributed by atoms with van der Waals surface area (Å²) in [4.78, 5) is 52.3. The molecule has 1 N–H and O–H groups in total. The van der Waals surface area contributed by atoms with Crippen LogP contribution in [-0.4, -0.2) is 52.0 Å². The fourth-order valence-corrected chi connectivity index (χ4v) is 5.91. The third kappa shape index (κ3) is 6.30. The number of aromatic nitrogens is 2. The van der Waals surface area contributed by atoms with Crippen LogP contribution in [0.1, 0.15) is 43.0 Å². The minimum Gasteiger partial charge on any atom is -0.351 e. The average molecular weight is 629 g/mol. The second kappa shape index (κ2) is 12.2. The molecule has 1 saturated heterocycles. The summed E-state index contributed by atoms with van der Waals surface area (Å²) in [6.45, 7) is 0. The Hall–Kier alpha value is -4.15. The van der Waals surface area contributed by atoms with Gasteiger partial charge < -0.3 is 5.32 Å². The lowest BCUT2D eigenvalue weighted by Gasteiger charge is -2.39. The van der Waals surface area contributed by atoms with Crippen molar-refractivity contribution >= 4 is 52.7 Å². The van der Waals surface area contributed by atoms with Crippen LogP contribution in [0.3, 0.4) is 0 Å². The van der Waals surface area contributed by atoms with E-state index in [9.17, 15) is 32.8 Å². The number of hydrogen-bond acceptors (Lipinski definition) is 7. The predicted molar refractivity (Wildman–Crippen MR) is 153 cm³/mol. The lowest BCUT2D eigenvalue weighted by molar-refractivity contribution is -0.133. The molecule has 1 aromatic heterocycles. The van der Waals surface area contributed by atoms with E-state index >= 15 is 0 Å². The summed E-state index contributed by atoms with van der Waals surface area (Å²) < 4.78 is 42.2. The molecule has 1 aliphatic heterocycles. The van der Waals surface area contributed by atoms with Crippen molar-refractivity contribution in [1.29, 1.82) is 5.26 Å². The number of carbonyl (C=O) groups is 3. The first-order chi connectivity index (χ1) is 20.5. The van der Waals surface area contributed by atoms with Crippen molar-refractivity contribution in [1.82, 2.24) is 15.3 Å². The number of benzene rings is 2. The highest BCUT2D eigenvalue weighted by Crippen LogP contribution is 2.40. The molecule has 3 amide bonds. The molecule has 2 heterocycles. The first-order valence-electron chi connectivity index (χ1n) is 13.2. The first-order valence-corrected chi connectivity index (χ1v) is 14.8. The summed E-state index contributed by atoms with van der Waals surface area (Å²) in [5.41, 5.74) is 0.113. The number of anilines is 2. The van der Waals surface area contributed by atoms with Gasteiger partial charge in [0.15, 0.2) is 0 Å². The summed E-state index contributed by atoms with van der Waals surface area (Å²) in [6, 6.07) is 9.62. The number of amides is 3. The number of alkyl halides is 2. The maximum absolute atomic E-state index is 14.9. The van der Waals surface area contributed by atoms with Gasteiger partial charge in [0.25, 0.3) is 11.8 Å². The van der Waals surface area contributed by atoms with E-state index in [4.69, 9.17) is 11.6 Å². The number of nitriles is 1. The molecule has 1 aliphatic carbocycles. The van der Waals surface area contributed by atoms with E-state index in [0.29, 0.717) is 4.90 Å². The zero-order valence-electron chi connectivity index (χ0n) is 22.6. The Balaban J connectivity index is 1.64. The van der Waals surface area contributed by atoms with E-state index < -0.39 is 60.4 Å². The Kier molecular flexibility index (Phi) is 8.62. The highest BCUT2D eigenvalue weighted by molar-refractivity contribution is 7.98. The second-order valence-electron chi connectivity index (χ2n) is 10.1. The van der Waals surface area contributed by atoms with E-state index in [1.54, 1.807) is 18.4 Å². The Morgan fingerprint density at radius 2 is 1.98 bits per heavy atom. The normalized spacial score (nSPS) is 18.5. The van der Waals surface area contributed by atoms with Crippen molar-refractivity contribution in [2.24, 2.45) is 0 Å². The zero-order valence-corrected chi connectivity index (χ0v) is 24.2. The van der Waals surface area contributed by atoms with Crippen molar-refractivity contribution in [3.8, 4) is 6.07 Å². The van der Waals surface area contributed by atoms with Gasteiger partial charge >= 0.3 is 0 Å². The molecular weight excluding hydrogens is 605 g/mol. The van der Waals surface area contributed by atoms with Gasteiger partial charge in [-0.15, -0.1) is 11.8 Å². The van der Waals surface area contributed by atoms with Crippen molar-refractivity contribution in [2.75, 3.05) is 16.1 Å². The number of halogens is 4. The SMILES string of the molecule is CSc1cc(F)cc(N(C(=O)[C@@H]2CCC(=O)N2c2nccc(C#N)n2)C(C(=O)NC2CC(F)(F)C2)c2ccccc2Cl)c1. The molecule has 222 valence electrons. The van der Waals surface area contributed by atoms with E-state index in [1.165, 1.54) is 48.3 Å². The third-order valence-electron chi connectivity index (χ3n) is 7.22. The fourth-order valence-electron chi connectivity index (χ4n) is 5.20. The molecular formula is C29H24ClF3N6O3S.